The number of hydrogen-bond acceptors (Lipinski definition) is 5. The molecule has 1 aromatic carbocycles. The van der Waals surface area contributed by atoms with E-state index in [1.807, 2.05) is 36.4 Å². The van der Waals surface area contributed by atoms with Crippen molar-refractivity contribution in [3.05, 3.63) is 59.8 Å². The molecule has 2 saturated heterocycles. The van der Waals surface area contributed by atoms with Crippen molar-refractivity contribution in [1.29, 1.82) is 0 Å². The van der Waals surface area contributed by atoms with Crippen LogP contribution in [-0.2, 0) is 20.9 Å². The summed E-state index contributed by atoms with van der Waals surface area (Å²) in [5, 5.41) is 2.93. The van der Waals surface area contributed by atoms with Crippen molar-refractivity contribution in [2.75, 3.05) is 42.6 Å². The summed E-state index contributed by atoms with van der Waals surface area (Å²) in [5.41, 5.74) is 2.81. The van der Waals surface area contributed by atoms with Gasteiger partial charge in [0.2, 0.25) is 11.8 Å². The average molecular weight is 406 g/mol. The van der Waals surface area contributed by atoms with Crippen LogP contribution in [0.1, 0.15) is 24.0 Å². The van der Waals surface area contributed by atoms with Crippen LogP contribution in [0.25, 0.3) is 6.08 Å². The molecule has 156 valence electrons. The Balaban J connectivity index is 1.33. The van der Waals surface area contributed by atoms with Crippen LogP contribution in [0.4, 0.5) is 11.5 Å². The molecule has 1 aromatic heterocycles. The third-order valence-corrected chi connectivity index (χ3v) is 5.34. The van der Waals surface area contributed by atoms with Gasteiger partial charge in [-0.1, -0.05) is 18.2 Å². The van der Waals surface area contributed by atoms with Crippen molar-refractivity contribution in [2.45, 2.75) is 19.4 Å². The zero-order chi connectivity index (χ0) is 20.8. The summed E-state index contributed by atoms with van der Waals surface area (Å²) >= 11 is 0. The lowest BCUT2D eigenvalue weighted by Crippen LogP contribution is -2.37. The predicted molar refractivity (Wildman–Crippen MR) is 116 cm³/mol. The van der Waals surface area contributed by atoms with E-state index in [1.165, 1.54) is 6.08 Å². The molecule has 0 aliphatic carbocycles. The standard InChI is InChI=1S/C23H26N4O3/c28-21(10-7-18-5-8-20(9-6-18)27-12-2-4-22(27)29)25-17-19-3-1-11-24-23(19)26-13-15-30-16-14-26/h1,3,5-11H,2,4,12-17H2,(H,25,28)/b10-7+. The number of carbonyl (C=O) groups is 2. The highest BCUT2D eigenvalue weighted by atomic mass is 16.5. The normalized spacial score (nSPS) is 17.0. The smallest absolute Gasteiger partial charge is 0.244 e. The Labute approximate surface area is 176 Å². The van der Waals surface area contributed by atoms with E-state index >= 15 is 0 Å². The van der Waals surface area contributed by atoms with Gasteiger partial charge in [-0.15, -0.1) is 0 Å². The van der Waals surface area contributed by atoms with E-state index in [9.17, 15) is 9.59 Å². The topological polar surface area (TPSA) is 74.8 Å². The van der Waals surface area contributed by atoms with Crippen molar-refractivity contribution in [3.8, 4) is 0 Å². The highest BCUT2D eigenvalue weighted by Gasteiger charge is 2.21. The van der Waals surface area contributed by atoms with E-state index < -0.39 is 0 Å². The fourth-order valence-corrected chi connectivity index (χ4v) is 3.73. The minimum Gasteiger partial charge on any atom is -0.378 e. The molecule has 0 unspecified atom stereocenters. The number of pyridine rings is 1. The molecule has 2 fully saturated rings. The maximum atomic E-state index is 12.3. The van der Waals surface area contributed by atoms with Crippen LogP contribution in [0, 0.1) is 0 Å². The molecule has 0 atom stereocenters. The molecular formula is C23H26N4O3. The zero-order valence-corrected chi connectivity index (χ0v) is 16.9. The van der Waals surface area contributed by atoms with Crippen molar-refractivity contribution in [1.82, 2.24) is 10.3 Å². The Morgan fingerprint density at radius 1 is 1.13 bits per heavy atom. The summed E-state index contributed by atoms with van der Waals surface area (Å²) in [5.74, 6) is 0.909. The van der Waals surface area contributed by atoms with Gasteiger partial charge in [-0.2, -0.15) is 0 Å². The van der Waals surface area contributed by atoms with E-state index in [4.69, 9.17) is 4.74 Å². The number of rotatable bonds is 6. The molecule has 7 nitrogen and oxygen atoms in total. The van der Waals surface area contributed by atoms with E-state index in [-0.39, 0.29) is 11.8 Å². The Morgan fingerprint density at radius 2 is 1.93 bits per heavy atom. The molecule has 0 radical (unpaired) electrons. The van der Waals surface area contributed by atoms with E-state index in [2.05, 4.69) is 15.2 Å². The number of nitrogens with zero attached hydrogens (tertiary/aromatic N) is 3. The molecule has 0 spiro atoms. The third-order valence-electron chi connectivity index (χ3n) is 5.34. The first-order valence-electron chi connectivity index (χ1n) is 10.3. The maximum absolute atomic E-state index is 12.3. The SMILES string of the molecule is O=C(/C=C/c1ccc(N2CCCC2=O)cc1)NCc1cccnc1N1CCOCC1. The van der Waals surface area contributed by atoms with Crippen LogP contribution >= 0.6 is 0 Å². The van der Waals surface area contributed by atoms with E-state index in [0.29, 0.717) is 26.2 Å². The van der Waals surface area contributed by atoms with Gasteiger partial charge in [-0.25, -0.2) is 4.98 Å². The van der Waals surface area contributed by atoms with Crippen LogP contribution in [0.3, 0.4) is 0 Å². The molecule has 0 bridgehead atoms. The lowest BCUT2D eigenvalue weighted by atomic mass is 10.2. The fourth-order valence-electron chi connectivity index (χ4n) is 3.73. The Morgan fingerprint density at radius 3 is 2.67 bits per heavy atom. The molecular weight excluding hydrogens is 380 g/mol. The van der Waals surface area contributed by atoms with E-state index in [0.717, 1.165) is 48.7 Å². The van der Waals surface area contributed by atoms with Gasteiger partial charge >= 0.3 is 0 Å². The monoisotopic (exact) mass is 406 g/mol. The largest absolute Gasteiger partial charge is 0.378 e. The highest BCUT2D eigenvalue weighted by Crippen LogP contribution is 2.22. The van der Waals surface area contributed by atoms with Gasteiger partial charge in [0.1, 0.15) is 5.82 Å². The number of carbonyl (C=O) groups excluding carboxylic acids is 2. The van der Waals surface area contributed by atoms with Gasteiger partial charge in [-0.3, -0.25) is 9.59 Å². The second-order valence-electron chi connectivity index (χ2n) is 7.38. The van der Waals surface area contributed by atoms with Crippen LogP contribution < -0.4 is 15.1 Å². The van der Waals surface area contributed by atoms with Gasteiger partial charge in [-0.05, 0) is 36.3 Å². The quantitative estimate of drug-likeness (QED) is 0.746. The molecule has 2 aromatic rings. The second-order valence-corrected chi connectivity index (χ2v) is 7.38. The second kappa shape index (κ2) is 9.54. The molecule has 3 heterocycles. The summed E-state index contributed by atoms with van der Waals surface area (Å²) in [6, 6.07) is 11.6. The van der Waals surface area contributed by atoms with Crippen molar-refractivity contribution < 1.29 is 14.3 Å². The molecule has 30 heavy (non-hydrogen) atoms. The zero-order valence-electron chi connectivity index (χ0n) is 16.9. The predicted octanol–water partition coefficient (Wildman–Crippen LogP) is 2.37. The summed E-state index contributed by atoms with van der Waals surface area (Å²) in [6.45, 7) is 4.18. The number of morpholine rings is 1. The Hall–Kier alpha value is -3.19. The average Bonchev–Trinajstić information content (AvgIpc) is 3.23. The van der Waals surface area contributed by atoms with Gasteiger partial charge in [0.25, 0.3) is 0 Å². The third kappa shape index (κ3) is 4.86. The van der Waals surface area contributed by atoms with Crippen LogP contribution in [0.5, 0.6) is 0 Å². The minimum absolute atomic E-state index is 0.162. The molecule has 0 saturated carbocycles. The summed E-state index contributed by atoms with van der Waals surface area (Å²) in [6.07, 6.45) is 6.60. The van der Waals surface area contributed by atoms with Crippen LogP contribution in [-0.4, -0.2) is 49.6 Å². The summed E-state index contributed by atoms with van der Waals surface area (Å²) in [7, 11) is 0. The molecule has 7 heteroatoms. The Kier molecular flexibility index (Phi) is 6.39. The van der Waals surface area contributed by atoms with Gasteiger partial charge in [0.05, 0.1) is 13.2 Å². The fraction of sp³-hybridized carbons (Fsp3) is 0.348. The summed E-state index contributed by atoms with van der Waals surface area (Å²) < 4.78 is 5.41. The number of amides is 2. The van der Waals surface area contributed by atoms with Gasteiger partial charge in [0.15, 0.2) is 0 Å². The number of ether oxygens (including phenoxy) is 1. The molecule has 1 N–H and O–H groups in total. The van der Waals surface area contributed by atoms with Gasteiger partial charge < -0.3 is 19.9 Å². The first-order valence-corrected chi connectivity index (χ1v) is 10.3. The number of aromatic nitrogens is 1. The highest BCUT2D eigenvalue weighted by molar-refractivity contribution is 5.95. The van der Waals surface area contributed by atoms with Crippen molar-refractivity contribution in [3.63, 3.8) is 0 Å². The van der Waals surface area contributed by atoms with Gasteiger partial charge in [0, 0.05) is 56.1 Å². The number of benzene rings is 1. The summed E-state index contributed by atoms with van der Waals surface area (Å²) in [4.78, 5) is 32.6. The van der Waals surface area contributed by atoms with Crippen LogP contribution in [0.15, 0.2) is 48.7 Å². The number of hydrogen-bond donors (Lipinski definition) is 1. The molecule has 4 rings (SSSR count). The number of anilines is 2. The van der Waals surface area contributed by atoms with Crippen molar-refractivity contribution in [2.24, 2.45) is 0 Å². The maximum Gasteiger partial charge on any atom is 0.244 e. The molecule has 2 aliphatic rings. The molecule has 2 aliphatic heterocycles. The Bertz CT molecular complexity index is 920. The first-order chi connectivity index (χ1) is 14.7. The van der Waals surface area contributed by atoms with E-state index in [1.54, 1.807) is 17.2 Å². The first kappa shape index (κ1) is 20.1. The minimum atomic E-state index is -0.162. The lowest BCUT2D eigenvalue weighted by molar-refractivity contribution is -0.117. The lowest BCUT2D eigenvalue weighted by Gasteiger charge is -2.29. The van der Waals surface area contributed by atoms with Crippen LogP contribution in [0.2, 0.25) is 0 Å². The molecule has 2 amide bonds. The number of nitrogens with one attached hydrogen (secondary N) is 1. The van der Waals surface area contributed by atoms with Crippen molar-refractivity contribution >= 4 is 29.4 Å².